The van der Waals surface area contributed by atoms with Crippen LogP contribution < -0.4 is 4.74 Å². The van der Waals surface area contributed by atoms with Crippen molar-refractivity contribution in [2.24, 2.45) is 0 Å². The Morgan fingerprint density at radius 3 is 2.47 bits per heavy atom. The van der Waals surface area contributed by atoms with Crippen LogP contribution in [0.5, 0.6) is 11.6 Å². The number of amides is 1. The van der Waals surface area contributed by atoms with Gasteiger partial charge in [-0.05, 0) is 31.9 Å². The second-order valence-electron chi connectivity index (χ2n) is 8.08. The molecule has 1 aromatic carbocycles. The molecule has 1 aromatic heterocycles. The van der Waals surface area contributed by atoms with E-state index in [1.807, 2.05) is 36.1 Å². The number of aryl methyl sites for hydroxylation is 1. The molecule has 2 aromatic rings. The minimum absolute atomic E-state index is 0.162. The molecule has 0 radical (unpaired) electrons. The van der Waals surface area contributed by atoms with Gasteiger partial charge in [0.25, 0.3) is 5.88 Å². The zero-order chi connectivity index (χ0) is 20.8. The van der Waals surface area contributed by atoms with E-state index in [2.05, 4.69) is 14.9 Å². The predicted molar refractivity (Wildman–Crippen MR) is 119 cm³/mol. The van der Waals surface area contributed by atoms with Crippen LogP contribution in [0.4, 0.5) is 0 Å². The van der Waals surface area contributed by atoms with Crippen molar-refractivity contribution in [3.63, 3.8) is 0 Å². The van der Waals surface area contributed by atoms with E-state index in [0.29, 0.717) is 22.4 Å². The van der Waals surface area contributed by atoms with Gasteiger partial charge in [0.2, 0.25) is 5.91 Å². The normalized spacial score (nSPS) is 18.4. The summed E-state index contributed by atoms with van der Waals surface area (Å²) in [7, 11) is 0. The Labute approximate surface area is 183 Å². The Balaban J connectivity index is 1.28. The van der Waals surface area contributed by atoms with Crippen molar-refractivity contribution in [1.82, 2.24) is 19.8 Å². The molecule has 0 spiro atoms. The van der Waals surface area contributed by atoms with Crippen molar-refractivity contribution in [3.05, 3.63) is 42.2 Å². The first-order valence-corrected chi connectivity index (χ1v) is 11.9. The molecule has 1 aliphatic heterocycles. The van der Waals surface area contributed by atoms with E-state index in [4.69, 9.17) is 4.74 Å². The summed E-state index contributed by atoms with van der Waals surface area (Å²) in [4.78, 5) is 26.0. The molecule has 0 bridgehead atoms. The van der Waals surface area contributed by atoms with Gasteiger partial charge in [-0.1, -0.05) is 48.7 Å². The molecule has 2 heterocycles. The van der Waals surface area contributed by atoms with Gasteiger partial charge in [-0.3, -0.25) is 9.69 Å². The molecule has 7 heteroatoms. The van der Waals surface area contributed by atoms with Crippen molar-refractivity contribution in [2.45, 2.75) is 50.1 Å². The fraction of sp³-hybridized carbons (Fsp3) is 0.522. The molecule has 1 saturated heterocycles. The molecule has 1 amide bonds. The molecule has 160 valence electrons. The highest BCUT2D eigenvalue weighted by Crippen LogP contribution is 2.29. The number of carbonyl (C=O) groups excluding carboxylic acids is 1. The lowest BCUT2D eigenvalue weighted by atomic mass is 9.94. The molecule has 1 aliphatic carbocycles. The quantitative estimate of drug-likeness (QED) is 0.647. The molecule has 30 heavy (non-hydrogen) atoms. The first-order chi connectivity index (χ1) is 14.7. The highest BCUT2D eigenvalue weighted by molar-refractivity contribution is 8.00. The molecule has 2 fully saturated rings. The van der Waals surface area contributed by atoms with Gasteiger partial charge in [-0.15, -0.1) is 0 Å². The smallest absolute Gasteiger partial charge is 0.252 e. The molecule has 6 nitrogen and oxygen atoms in total. The van der Waals surface area contributed by atoms with Crippen LogP contribution in [0.2, 0.25) is 0 Å². The average Bonchev–Trinajstić information content (AvgIpc) is 2.80. The van der Waals surface area contributed by atoms with Crippen molar-refractivity contribution in [3.8, 4) is 11.6 Å². The third-order valence-electron chi connectivity index (χ3n) is 5.96. The van der Waals surface area contributed by atoms with Gasteiger partial charge in [-0.25, -0.2) is 9.97 Å². The predicted octanol–water partition coefficient (Wildman–Crippen LogP) is 4.15. The number of carbonyl (C=O) groups is 1. The largest absolute Gasteiger partial charge is 0.437 e. The van der Waals surface area contributed by atoms with Crippen LogP contribution in [0.25, 0.3) is 0 Å². The summed E-state index contributed by atoms with van der Waals surface area (Å²) in [5.74, 6) is 1.68. The number of piperazine rings is 1. The minimum atomic E-state index is 0.162. The Morgan fingerprint density at radius 1 is 1.03 bits per heavy atom. The standard InChI is InChI=1S/C23H30N4O2S/c1-18-7-9-20(10-8-18)29-22-23(25-12-11-24-22)30-17-21(28)27-15-13-26(14-16-27)19-5-3-2-4-6-19/h7-12,19H,2-6,13-17H2,1H3. The minimum Gasteiger partial charge on any atom is -0.437 e. The molecule has 0 N–H and O–H groups in total. The number of nitrogens with zero attached hydrogens (tertiary/aromatic N) is 4. The molecule has 4 rings (SSSR count). The van der Waals surface area contributed by atoms with E-state index in [0.717, 1.165) is 32.2 Å². The van der Waals surface area contributed by atoms with Crippen molar-refractivity contribution in [2.75, 3.05) is 31.9 Å². The number of hydrogen-bond donors (Lipinski definition) is 0. The fourth-order valence-corrected chi connectivity index (χ4v) is 5.00. The highest BCUT2D eigenvalue weighted by Gasteiger charge is 2.27. The topological polar surface area (TPSA) is 58.6 Å². The van der Waals surface area contributed by atoms with Gasteiger partial charge in [-0.2, -0.15) is 0 Å². The Morgan fingerprint density at radius 2 is 1.73 bits per heavy atom. The zero-order valence-electron chi connectivity index (χ0n) is 17.6. The lowest BCUT2D eigenvalue weighted by molar-refractivity contribution is -0.130. The summed E-state index contributed by atoms with van der Waals surface area (Å²) in [6.07, 6.45) is 9.97. The molecular weight excluding hydrogens is 396 g/mol. The van der Waals surface area contributed by atoms with Crippen LogP contribution in [0, 0.1) is 6.92 Å². The molecule has 2 aliphatic rings. The van der Waals surface area contributed by atoms with E-state index >= 15 is 0 Å². The number of benzene rings is 1. The van der Waals surface area contributed by atoms with Crippen molar-refractivity contribution in [1.29, 1.82) is 0 Å². The maximum atomic E-state index is 12.8. The average molecular weight is 427 g/mol. The fourth-order valence-electron chi connectivity index (χ4n) is 4.20. The van der Waals surface area contributed by atoms with E-state index in [1.165, 1.54) is 49.4 Å². The summed E-state index contributed by atoms with van der Waals surface area (Å²) < 4.78 is 5.90. The SMILES string of the molecule is Cc1ccc(Oc2nccnc2SCC(=O)N2CCN(C3CCCCC3)CC2)cc1. The summed E-state index contributed by atoms with van der Waals surface area (Å²) in [6.45, 7) is 5.67. The van der Waals surface area contributed by atoms with Crippen LogP contribution in [0.3, 0.4) is 0 Å². The first-order valence-electron chi connectivity index (χ1n) is 10.9. The van der Waals surface area contributed by atoms with Gasteiger partial charge in [0.15, 0.2) is 5.03 Å². The molecular formula is C23H30N4O2S. The number of rotatable bonds is 6. The third kappa shape index (κ3) is 5.52. The Hall–Kier alpha value is -2.12. The first kappa shape index (κ1) is 21.1. The van der Waals surface area contributed by atoms with Crippen LogP contribution in [-0.2, 0) is 4.79 Å². The lowest BCUT2D eigenvalue weighted by Gasteiger charge is -2.40. The molecule has 0 unspecified atom stereocenters. The lowest BCUT2D eigenvalue weighted by Crippen LogP contribution is -2.52. The monoisotopic (exact) mass is 426 g/mol. The van der Waals surface area contributed by atoms with Gasteiger partial charge in [0.1, 0.15) is 5.75 Å². The maximum Gasteiger partial charge on any atom is 0.252 e. The molecule has 1 saturated carbocycles. The van der Waals surface area contributed by atoms with Gasteiger partial charge >= 0.3 is 0 Å². The van der Waals surface area contributed by atoms with Gasteiger partial charge < -0.3 is 9.64 Å². The maximum absolute atomic E-state index is 12.8. The third-order valence-corrected chi connectivity index (χ3v) is 6.90. The van der Waals surface area contributed by atoms with Crippen LogP contribution >= 0.6 is 11.8 Å². The van der Waals surface area contributed by atoms with Gasteiger partial charge in [0.05, 0.1) is 5.75 Å². The van der Waals surface area contributed by atoms with Crippen molar-refractivity contribution < 1.29 is 9.53 Å². The van der Waals surface area contributed by atoms with E-state index in [-0.39, 0.29) is 5.91 Å². The zero-order valence-corrected chi connectivity index (χ0v) is 18.4. The van der Waals surface area contributed by atoms with E-state index in [9.17, 15) is 4.79 Å². The Bertz CT molecular complexity index is 831. The second kappa shape index (κ2) is 10.3. The number of ether oxygens (including phenoxy) is 1. The van der Waals surface area contributed by atoms with E-state index in [1.54, 1.807) is 12.4 Å². The van der Waals surface area contributed by atoms with E-state index < -0.39 is 0 Å². The molecule has 0 atom stereocenters. The second-order valence-corrected chi connectivity index (χ2v) is 9.04. The summed E-state index contributed by atoms with van der Waals surface area (Å²) in [5.41, 5.74) is 1.17. The number of thioether (sulfide) groups is 1. The highest BCUT2D eigenvalue weighted by atomic mass is 32.2. The summed E-state index contributed by atoms with van der Waals surface area (Å²) in [6, 6.07) is 8.54. The summed E-state index contributed by atoms with van der Waals surface area (Å²) >= 11 is 1.40. The number of aromatic nitrogens is 2. The Kier molecular flexibility index (Phi) is 7.23. The van der Waals surface area contributed by atoms with Crippen LogP contribution in [-0.4, -0.2) is 63.6 Å². The van der Waals surface area contributed by atoms with Crippen LogP contribution in [0.1, 0.15) is 37.7 Å². The van der Waals surface area contributed by atoms with Crippen LogP contribution in [0.15, 0.2) is 41.7 Å². The van der Waals surface area contributed by atoms with Gasteiger partial charge in [0, 0.05) is 44.6 Å². The van der Waals surface area contributed by atoms with Crippen molar-refractivity contribution >= 4 is 17.7 Å². The summed E-state index contributed by atoms with van der Waals surface area (Å²) in [5, 5.41) is 0.646. The number of hydrogen-bond acceptors (Lipinski definition) is 6.